The molecule has 1 amide bonds. The lowest BCUT2D eigenvalue weighted by Gasteiger charge is -2.10. The minimum Gasteiger partial charge on any atom is -0.480 e. The molecule has 0 spiro atoms. The lowest BCUT2D eigenvalue weighted by atomic mass is 10.3. The maximum absolute atomic E-state index is 13.6. The van der Waals surface area contributed by atoms with Crippen molar-refractivity contribution >= 4 is 56.7 Å². The molecule has 0 heterocycles. The van der Waals surface area contributed by atoms with E-state index in [1.807, 2.05) is 0 Å². The fraction of sp³-hybridized carbons (Fsp3) is 0.125. The van der Waals surface area contributed by atoms with Gasteiger partial charge in [-0.05, 0) is 40.2 Å². The molecule has 1 N–H and O–H groups in total. The van der Waals surface area contributed by atoms with Crippen LogP contribution in [0.15, 0.2) is 34.8 Å². The molecule has 0 aromatic heterocycles. The number of hydrogen-bond donors (Lipinski definition) is 1. The molecule has 2 rings (SSSR count). The summed E-state index contributed by atoms with van der Waals surface area (Å²) in [5.41, 5.74) is -0.267. The molecule has 5 nitrogen and oxygen atoms in total. The summed E-state index contributed by atoms with van der Waals surface area (Å²) in [7, 11) is 0. The number of hydrogen-bond acceptors (Lipinski definition) is 4. The fourth-order valence-corrected chi connectivity index (χ4v) is 2.72. The van der Waals surface area contributed by atoms with E-state index in [2.05, 4.69) is 21.2 Å². The molecule has 0 aliphatic carbocycles. The van der Waals surface area contributed by atoms with Crippen molar-refractivity contribution in [1.29, 1.82) is 0 Å². The Kier molecular flexibility index (Phi) is 7.19. The molecule has 0 saturated heterocycles. The molecule has 0 fully saturated rings. The van der Waals surface area contributed by atoms with Gasteiger partial charge in [-0.3, -0.25) is 4.79 Å². The number of anilines is 1. The third-order valence-corrected chi connectivity index (χ3v) is 4.03. The van der Waals surface area contributed by atoms with Gasteiger partial charge in [-0.1, -0.05) is 23.2 Å². The van der Waals surface area contributed by atoms with Crippen LogP contribution < -0.4 is 10.1 Å². The van der Waals surface area contributed by atoms with Crippen LogP contribution >= 0.6 is 39.1 Å². The Hall–Kier alpha value is -1.90. The molecule has 26 heavy (non-hydrogen) atoms. The Morgan fingerprint density at radius 2 is 1.85 bits per heavy atom. The Labute approximate surface area is 165 Å². The first-order valence-corrected chi connectivity index (χ1v) is 8.49. The summed E-state index contributed by atoms with van der Waals surface area (Å²) in [6.07, 6.45) is 0. The molecule has 0 aliphatic heterocycles. The highest BCUT2D eigenvalue weighted by molar-refractivity contribution is 9.10. The Balaban J connectivity index is 1.83. The zero-order valence-corrected chi connectivity index (χ0v) is 15.9. The third-order valence-electron chi connectivity index (χ3n) is 2.87. The minimum atomic E-state index is -0.975. The van der Waals surface area contributed by atoms with Crippen molar-refractivity contribution in [2.45, 2.75) is 0 Å². The second-order valence-electron chi connectivity index (χ2n) is 4.82. The van der Waals surface area contributed by atoms with Crippen LogP contribution in [0.25, 0.3) is 0 Å². The second kappa shape index (κ2) is 9.16. The summed E-state index contributed by atoms with van der Waals surface area (Å²) in [6, 6.07) is 6.02. The SMILES string of the molecule is O=C(COC(=O)COc1ccc(Cl)cc1Cl)Nc1c(F)cc(F)cc1Br. The van der Waals surface area contributed by atoms with Gasteiger partial charge in [-0.25, -0.2) is 13.6 Å². The largest absolute Gasteiger partial charge is 0.480 e. The minimum absolute atomic E-state index is 0.00962. The van der Waals surface area contributed by atoms with Gasteiger partial charge < -0.3 is 14.8 Å². The number of esters is 1. The molecule has 2 aromatic carbocycles. The van der Waals surface area contributed by atoms with E-state index in [4.69, 9.17) is 32.7 Å². The highest BCUT2D eigenvalue weighted by Gasteiger charge is 2.15. The predicted octanol–water partition coefficient (Wildman–Crippen LogP) is 4.59. The number of carbonyl (C=O) groups is 2. The summed E-state index contributed by atoms with van der Waals surface area (Å²) in [5, 5.41) is 2.78. The molecule has 0 saturated carbocycles. The molecule has 10 heteroatoms. The van der Waals surface area contributed by atoms with E-state index in [1.54, 1.807) is 0 Å². The van der Waals surface area contributed by atoms with E-state index in [-0.39, 0.29) is 20.9 Å². The maximum Gasteiger partial charge on any atom is 0.344 e. The molecular formula is C16H10BrCl2F2NO4. The second-order valence-corrected chi connectivity index (χ2v) is 6.51. The van der Waals surface area contributed by atoms with Gasteiger partial charge in [0.05, 0.1) is 10.7 Å². The highest BCUT2D eigenvalue weighted by atomic mass is 79.9. The van der Waals surface area contributed by atoms with Crippen LogP contribution in [0.5, 0.6) is 5.75 Å². The lowest BCUT2D eigenvalue weighted by molar-refractivity contribution is -0.149. The number of halogens is 5. The lowest BCUT2D eigenvalue weighted by Crippen LogP contribution is -2.24. The molecule has 0 aliphatic rings. The number of nitrogens with one attached hydrogen (secondary N) is 1. The highest BCUT2D eigenvalue weighted by Crippen LogP contribution is 2.28. The van der Waals surface area contributed by atoms with Crippen molar-refractivity contribution in [2.75, 3.05) is 18.5 Å². The first-order valence-electron chi connectivity index (χ1n) is 6.94. The maximum atomic E-state index is 13.6. The normalized spacial score (nSPS) is 10.3. The van der Waals surface area contributed by atoms with Crippen molar-refractivity contribution in [2.24, 2.45) is 0 Å². The molecule has 0 bridgehead atoms. The summed E-state index contributed by atoms with van der Waals surface area (Å²) < 4.78 is 36.5. The molecule has 0 atom stereocenters. The van der Waals surface area contributed by atoms with Crippen LogP contribution in [0, 0.1) is 11.6 Å². The van der Waals surface area contributed by atoms with Crippen LogP contribution in [-0.2, 0) is 14.3 Å². The first-order chi connectivity index (χ1) is 12.3. The van der Waals surface area contributed by atoms with E-state index in [0.29, 0.717) is 11.1 Å². The summed E-state index contributed by atoms with van der Waals surface area (Å²) in [4.78, 5) is 23.3. The summed E-state index contributed by atoms with van der Waals surface area (Å²) in [5.74, 6) is -3.22. The molecule has 138 valence electrons. The van der Waals surface area contributed by atoms with Crippen LogP contribution in [0.1, 0.15) is 0 Å². The molecule has 2 aromatic rings. The van der Waals surface area contributed by atoms with E-state index in [1.165, 1.54) is 18.2 Å². The van der Waals surface area contributed by atoms with Crippen LogP contribution in [0.3, 0.4) is 0 Å². The van der Waals surface area contributed by atoms with Gasteiger partial charge in [-0.15, -0.1) is 0 Å². The van der Waals surface area contributed by atoms with Crippen molar-refractivity contribution in [3.8, 4) is 5.75 Å². The van der Waals surface area contributed by atoms with Gasteiger partial charge in [0.1, 0.15) is 11.6 Å². The number of amides is 1. The van der Waals surface area contributed by atoms with Gasteiger partial charge in [0, 0.05) is 15.6 Å². The average molecular weight is 469 g/mol. The van der Waals surface area contributed by atoms with Gasteiger partial charge in [0.25, 0.3) is 5.91 Å². The summed E-state index contributed by atoms with van der Waals surface area (Å²) >= 11 is 14.5. The van der Waals surface area contributed by atoms with Gasteiger partial charge >= 0.3 is 5.97 Å². The van der Waals surface area contributed by atoms with Crippen molar-refractivity contribution in [3.05, 3.63) is 56.5 Å². The Bertz CT molecular complexity index is 828. The van der Waals surface area contributed by atoms with Crippen LogP contribution in [0.2, 0.25) is 10.0 Å². The zero-order chi connectivity index (χ0) is 19.3. The monoisotopic (exact) mass is 467 g/mol. The summed E-state index contributed by atoms with van der Waals surface area (Å²) in [6.45, 7) is -1.18. The fourth-order valence-electron chi connectivity index (χ4n) is 1.75. The van der Waals surface area contributed by atoms with Gasteiger partial charge in [-0.2, -0.15) is 0 Å². The first kappa shape index (κ1) is 20.4. The zero-order valence-electron chi connectivity index (χ0n) is 12.8. The van der Waals surface area contributed by atoms with E-state index in [9.17, 15) is 18.4 Å². The van der Waals surface area contributed by atoms with E-state index < -0.39 is 36.7 Å². The Morgan fingerprint density at radius 3 is 2.50 bits per heavy atom. The third kappa shape index (κ3) is 5.82. The number of carbonyl (C=O) groups excluding carboxylic acids is 2. The Morgan fingerprint density at radius 1 is 1.12 bits per heavy atom. The topological polar surface area (TPSA) is 64.6 Å². The van der Waals surface area contributed by atoms with E-state index >= 15 is 0 Å². The predicted molar refractivity (Wildman–Crippen MR) is 95.6 cm³/mol. The number of rotatable bonds is 6. The molecule has 0 radical (unpaired) electrons. The molecule has 0 unspecified atom stereocenters. The van der Waals surface area contributed by atoms with Crippen molar-refractivity contribution in [3.63, 3.8) is 0 Å². The van der Waals surface area contributed by atoms with Crippen molar-refractivity contribution < 1.29 is 27.8 Å². The smallest absolute Gasteiger partial charge is 0.344 e. The number of benzene rings is 2. The van der Waals surface area contributed by atoms with Gasteiger partial charge in [0.15, 0.2) is 19.0 Å². The molecular weight excluding hydrogens is 459 g/mol. The van der Waals surface area contributed by atoms with Gasteiger partial charge in [0.2, 0.25) is 0 Å². The van der Waals surface area contributed by atoms with Crippen LogP contribution in [0.4, 0.5) is 14.5 Å². The standard InChI is InChI=1S/C16H10BrCl2F2NO4/c17-10-4-9(20)5-12(21)16(10)22-14(23)6-26-15(24)7-25-13-2-1-8(18)3-11(13)19/h1-5H,6-7H2,(H,22,23). The van der Waals surface area contributed by atoms with E-state index in [0.717, 1.165) is 6.07 Å². The van der Waals surface area contributed by atoms with Crippen LogP contribution in [-0.4, -0.2) is 25.1 Å². The average Bonchev–Trinajstić information content (AvgIpc) is 2.55. The van der Waals surface area contributed by atoms with Crippen molar-refractivity contribution in [1.82, 2.24) is 0 Å². The quantitative estimate of drug-likeness (QED) is 0.629. The number of ether oxygens (including phenoxy) is 2.